The van der Waals surface area contributed by atoms with Gasteiger partial charge in [-0.3, -0.25) is 5.32 Å². The number of rotatable bonds is 9. The third-order valence-electron chi connectivity index (χ3n) is 3.66. The zero-order valence-electron chi connectivity index (χ0n) is 12.4. The van der Waals surface area contributed by atoms with Crippen LogP contribution in [-0.2, 0) is 9.47 Å². The van der Waals surface area contributed by atoms with E-state index in [9.17, 15) is 5.26 Å². The second-order valence-electron chi connectivity index (χ2n) is 5.28. The molecule has 2 atom stereocenters. The maximum absolute atomic E-state index is 9.37. The average molecular weight is 268 g/mol. The van der Waals surface area contributed by atoms with Crippen molar-refractivity contribution < 1.29 is 9.47 Å². The standard InChI is InChI=1S/C15H28N2O2/c1-3-5-9-18-10-11-19-14-7-6-8-15(12-14,13-16)17-4-2/h14,17H,3-12H2,1-2H3. The van der Waals surface area contributed by atoms with Gasteiger partial charge in [0.25, 0.3) is 0 Å². The molecular weight excluding hydrogens is 240 g/mol. The molecule has 1 saturated carbocycles. The van der Waals surface area contributed by atoms with Gasteiger partial charge < -0.3 is 9.47 Å². The highest BCUT2D eigenvalue weighted by molar-refractivity contribution is 5.10. The van der Waals surface area contributed by atoms with E-state index in [1.54, 1.807) is 0 Å². The molecule has 0 spiro atoms. The highest BCUT2D eigenvalue weighted by Gasteiger charge is 2.36. The number of hydrogen-bond donors (Lipinski definition) is 1. The number of nitrogens with zero attached hydrogens (tertiary/aromatic N) is 1. The van der Waals surface area contributed by atoms with Crippen molar-refractivity contribution in [2.45, 2.75) is 64.0 Å². The van der Waals surface area contributed by atoms with Crippen molar-refractivity contribution in [3.8, 4) is 6.07 Å². The summed E-state index contributed by atoms with van der Waals surface area (Å²) in [5.74, 6) is 0. The Morgan fingerprint density at radius 1 is 1.32 bits per heavy atom. The minimum atomic E-state index is -0.374. The lowest BCUT2D eigenvalue weighted by Gasteiger charge is -2.36. The van der Waals surface area contributed by atoms with Crippen LogP contribution in [0.4, 0.5) is 0 Å². The maximum atomic E-state index is 9.37. The molecule has 1 aliphatic carbocycles. The van der Waals surface area contributed by atoms with E-state index < -0.39 is 0 Å². The van der Waals surface area contributed by atoms with Gasteiger partial charge in [-0.05, 0) is 32.2 Å². The van der Waals surface area contributed by atoms with E-state index in [0.717, 1.165) is 51.7 Å². The summed E-state index contributed by atoms with van der Waals surface area (Å²) in [7, 11) is 0. The van der Waals surface area contributed by atoms with Crippen LogP contribution in [0.25, 0.3) is 0 Å². The van der Waals surface area contributed by atoms with Gasteiger partial charge in [0, 0.05) is 13.0 Å². The first kappa shape index (κ1) is 16.4. The van der Waals surface area contributed by atoms with Gasteiger partial charge in [0.05, 0.1) is 25.4 Å². The molecule has 1 aliphatic rings. The van der Waals surface area contributed by atoms with E-state index >= 15 is 0 Å². The largest absolute Gasteiger partial charge is 0.379 e. The fraction of sp³-hybridized carbons (Fsp3) is 0.933. The Kier molecular flexibility index (Phi) is 8.04. The molecule has 0 saturated heterocycles. The van der Waals surface area contributed by atoms with E-state index in [0.29, 0.717) is 13.2 Å². The van der Waals surface area contributed by atoms with Crippen LogP contribution in [0.3, 0.4) is 0 Å². The zero-order chi connectivity index (χ0) is 14.0. The Hall–Kier alpha value is -0.630. The third kappa shape index (κ3) is 5.90. The second kappa shape index (κ2) is 9.30. The molecule has 0 aromatic carbocycles. The SMILES string of the molecule is CCCCOCCOC1CCCC(C#N)(NCC)C1. The fourth-order valence-electron chi connectivity index (χ4n) is 2.63. The summed E-state index contributed by atoms with van der Waals surface area (Å²) >= 11 is 0. The van der Waals surface area contributed by atoms with Crippen LogP contribution < -0.4 is 5.32 Å². The van der Waals surface area contributed by atoms with Crippen molar-refractivity contribution in [2.24, 2.45) is 0 Å². The summed E-state index contributed by atoms with van der Waals surface area (Å²) in [4.78, 5) is 0. The molecule has 0 aromatic rings. The van der Waals surface area contributed by atoms with Gasteiger partial charge in [0.15, 0.2) is 0 Å². The summed E-state index contributed by atoms with van der Waals surface area (Å²) in [6, 6.07) is 2.44. The predicted molar refractivity (Wildman–Crippen MR) is 76.0 cm³/mol. The number of ether oxygens (including phenoxy) is 2. The van der Waals surface area contributed by atoms with Crippen LogP contribution in [0, 0.1) is 11.3 Å². The van der Waals surface area contributed by atoms with Crippen molar-refractivity contribution >= 4 is 0 Å². The molecule has 1 fully saturated rings. The monoisotopic (exact) mass is 268 g/mol. The summed E-state index contributed by atoms with van der Waals surface area (Å²) in [6.07, 6.45) is 6.32. The van der Waals surface area contributed by atoms with Gasteiger partial charge >= 0.3 is 0 Å². The maximum Gasteiger partial charge on any atom is 0.109 e. The van der Waals surface area contributed by atoms with Crippen LogP contribution in [-0.4, -0.2) is 38.0 Å². The minimum absolute atomic E-state index is 0.197. The Balaban J connectivity index is 2.21. The molecule has 4 heteroatoms. The van der Waals surface area contributed by atoms with Crippen LogP contribution in [0.2, 0.25) is 0 Å². The molecule has 0 aromatic heterocycles. The van der Waals surface area contributed by atoms with Crippen molar-refractivity contribution in [3.63, 3.8) is 0 Å². The first-order chi connectivity index (χ1) is 9.26. The van der Waals surface area contributed by atoms with Crippen LogP contribution >= 0.6 is 0 Å². The van der Waals surface area contributed by atoms with E-state index in [1.165, 1.54) is 0 Å². The van der Waals surface area contributed by atoms with Gasteiger partial charge in [-0.2, -0.15) is 5.26 Å². The molecule has 0 heterocycles. The van der Waals surface area contributed by atoms with Crippen LogP contribution in [0.5, 0.6) is 0 Å². The summed E-state index contributed by atoms with van der Waals surface area (Å²) in [6.45, 7) is 7.17. The first-order valence-corrected chi connectivity index (χ1v) is 7.62. The van der Waals surface area contributed by atoms with Gasteiger partial charge in [-0.25, -0.2) is 0 Å². The number of unbranched alkanes of at least 4 members (excludes halogenated alkanes) is 1. The normalized spacial score (nSPS) is 27.1. The molecule has 0 bridgehead atoms. The van der Waals surface area contributed by atoms with Gasteiger partial charge in [0.1, 0.15) is 5.54 Å². The van der Waals surface area contributed by atoms with Gasteiger partial charge in [0.2, 0.25) is 0 Å². The summed E-state index contributed by atoms with van der Waals surface area (Å²) in [5, 5.41) is 12.7. The number of nitriles is 1. The molecule has 0 aliphatic heterocycles. The molecule has 1 rings (SSSR count). The Bertz CT molecular complexity index is 274. The van der Waals surface area contributed by atoms with E-state index in [4.69, 9.17) is 9.47 Å². The van der Waals surface area contributed by atoms with Gasteiger partial charge in [-0.15, -0.1) is 0 Å². The molecule has 19 heavy (non-hydrogen) atoms. The highest BCUT2D eigenvalue weighted by Crippen LogP contribution is 2.29. The number of hydrogen-bond acceptors (Lipinski definition) is 4. The van der Waals surface area contributed by atoms with Gasteiger partial charge in [-0.1, -0.05) is 20.3 Å². The van der Waals surface area contributed by atoms with Crippen molar-refractivity contribution in [2.75, 3.05) is 26.4 Å². The third-order valence-corrected chi connectivity index (χ3v) is 3.66. The molecule has 0 amide bonds. The van der Waals surface area contributed by atoms with Crippen LogP contribution in [0.15, 0.2) is 0 Å². The van der Waals surface area contributed by atoms with E-state index in [1.807, 2.05) is 6.92 Å². The molecular formula is C15H28N2O2. The minimum Gasteiger partial charge on any atom is -0.379 e. The fourth-order valence-corrected chi connectivity index (χ4v) is 2.63. The lowest BCUT2D eigenvalue weighted by atomic mass is 9.81. The Morgan fingerprint density at radius 2 is 2.16 bits per heavy atom. The molecule has 4 nitrogen and oxygen atoms in total. The van der Waals surface area contributed by atoms with E-state index in [-0.39, 0.29) is 11.6 Å². The van der Waals surface area contributed by atoms with Crippen molar-refractivity contribution in [1.29, 1.82) is 5.26 Å². The molecule has 0 radical (unpaired) electrons. The zero-order valence-corrected chi connectivity index (χ0v) is 12.4. The average Bonchev–Trinajstić information content (AvgIpc) is 2.43. The smallest absolute Gasteiger partial charge is 0.109 e. The Labute approximate surface area is 117 Å². The molecule has 110 valence electrons. The Morgan fingerprint density at radius 3 is 2.84 bits per heavy atom. The number of nitrogens with one attached hydrogen (secondary N) is 1. The topological polar surface area (TPSA) is 54.3 Å². The molecule has 1 N–H and O–H groups in total. The lowest BCUT2D eigenvalue weighted by molar-refractivity contribution is -0.0222. The van der Waals surface area contributed by atoms with Crippen molar-refractivity contribution in [3.05, 3.63) is 0 Å². The highest BCUT2D eigenvalue weighted by atomic mass is 16.5. The van der Waals surface area contributed by atoms with Crippen molar-refractivity contribution in [1.82, 2.24) is 5.32 Å². The van der Waals surface area contributed by atoms with Crippen LogP contribution in [0.1, 0.15) is 52.4 Å². The van der Waals surface area contributed by atoms with E-state index in [2.05, 4.69) is 18.3 Å². The first-order valence-electron chi connectivity index (χ1n) is 7.62. The second-order valence-corrected chi connectivity index (χ2v) is 5.28. The predicted octanol–water partition coefficient (Wildman–Crippen LogP) is 2.63. The lowest BCUT2D eigenvalue weighted by Crippen LogP contribution is -2.49. The molecule has 2 unspecified atom stereocenters. The summed E-state index contributed by atoms with van der Waals surface area (Å²) < 4.78 is 11.3. The summed E-state index contributed by atoms with van der Waals surface area (Å²) in [5.41, 5.74) is -0.374. The quantitative estimate of drug-likeness (QED) is 0.653.